The molecule has 0 saturated carbocycles. The van der Waals surface area contributed by atoms with Crippen molar-refractivity contribution in [1.82, 2.24) is 4.90 Å². The molecule has 0 aliphatic carbocycles. The van der Waals surface area contributed by atoms with E-state index in [1.807, 2.05) is 45.0 Å². The highest BCUT2D eigenvalue weighted by Gasteiger charge is 2.39. The number of benzene rings is 1. The number of amides is 2. The monoisotopic (exact) mass is 300 g/mol. The van der Waals surface area contributed by atoms with Crippen molar-refractivity contribution in [3.05, 3.63) is 29.8 Å². The molecular weight excluding hydrogens is 276 g/mol. The van der Waals surface area contributed by atoms with Crippen molar-refractivity contribution in [2.75, 3.05) is 4.90 Å². The molecule has 0 radical (unpaired) electrons. The van der Waals surface area contributed by atoms with E-state index in [0.29, 0.717) is 0 Å². The summed E-state index contributed by atoms with van der Waals surface area (Å²) in [5, 5.41) is 0. The van der Waals surface area contributed by atoms with Crippen LogP contribution in [0.5, 0.6) is 0 Å². The number of carbonyl (C=O) groups excluding carboxylic acids is 2. The first kappa shape index (κ1) is 15.1. The summed E-state index contributed by atoms with van der Waals surface area (Å²) in [5.74, 6) is -0.721. The minimum Gasteiger partial charge on any atom is -0.329 e. The summed E-state index contributed by atoms with van der Waals surface area (Å²) in [6.07, 6.45) is 3.91. The minimum absolute atomic E-state index is 0.0456. The summed E-state index contributed by atoms with van der Waals surface area (Å²) in [5.41, 5.74) is 2.04. The van der Waals surface area contributed by atoms with Gasteiger partial charge in [-0.05, 0) is 58.1 Å². The fraction of sp³-hybridized carbons (Fsp3) is 0.556. The minimum atomic E-state index is -0.377. The Morgan fingerprint density at radius 3 is 2.27 bits per heavy atom. The van der Waals surface area contributed by atoms with Gasteiger partial charge in [0.1, 0.15) is 0 Å². The summed E-state index contributed by atoms with van der Waals surface area (Å²) in [6, 6.07) is 8.22. The van der Waals surface area contributed by atoms with Gasteiger partial charge in [-0.1, -0.05) is 18.2 Å². The van der Waals surface area contributed by atoms with E-state index in [9.17, 15) is 9.59 Å². The third-order valence-corrected chi connectivity index (χ3v) is 5.04. The van der Waals surface area contributed by atoms with Gasteiger partial charge in [0.05, 0.1) is 0 Å². The summed E-state index contributed by atoms with van der Waals surface area (Å²) in [4.78, 5) is 29.1. The predicted octanol–water partition coefficient (Wildman–Crippen LogP) is 2.75. The molecule has 3 unspecified atom stereocenters. The van der Waals surface area contributed by atoms with Crippen molar-refractivity contribution >= 4 is 17.5 Å². The second kappa shape index (κ2) is 5.75. The standard InChI is InChI=1S/C18H24N2O2/c1-12-7-6-8-13(2)19(12)17(21)18(22)20-14(3)11-15-9-4-5-10-16(15)20/h4-5,9-10,12-14H,6-8,11H2,1-3H3. The molecule has 1 aromatic rings. The molecule has 2 aliphatic heterocycles. The van der Waals surface area contributed by atoms with Gasteiger partial charge in [-0.2, -0.15) is 0 Å². The molecule has 3 atom stereocenters. The predicted molar refractivity (Wildman–Crippen MR) is 86.7 cm³/mol. The first-order valence-electron chi connectivity index (χ1n) is 8.24. The highest BCUT2D eigenvalue weighted by Crippen LogP contribution is 2.33. The van der Waals surface area contributed by atoms with Crippen molar-refractivity contribution in [2.24, 2.45) is 0 Å². The van der Waals surface area contributed by atoms with Crippen LogP contribution in [0.2, 0.25) is 0 Å². The van der Waals surface area contributed by atoms with E-state index in [1.165, 1.54) is 0 Å². The average Bonchev–Trinajstić information content (AvgIpc) is 2.82. The van der Waals surface area contributed by atoms with E-state index in [2.05, 4.69) is 0 Å². The maximum Gasteiger partial charge on any atom is 0.316 e. The summed E-state index contributed by atoms with van der Waals surface area (Å²) >= 11 is 0. The van der Waals surface area contributed by atoms with Gasteiger partial charge < -0.3 is 9.80 Å². The van der Waals surface area contributed by atoms with Crippen molar-refractivity contribution in [3.63, 3.8) is 0 Å². The number of piperidine rings is 1. The zero-order valence-electron chi connectivity index (χ0n) is 13.6. The molecule has 2 amide bonds. The lowest BCUT2D eigenvalue weighted by atomic mass is 9.97. The molecule has 1 saturated heterocycles. The molecule has 0 spiro atoms. The van der Waals surface area contributed by atoms with Crippen molar-refractivity contribution < 1.29 is 9.59 Å². The lowest BCUT2D eigenvalue weighted by Crippen LogP contribution is -2.54. The normalized spacial score (nSPS) is 27.7. The fourth-order valence-electron chi connectivity index (χ4n) is 3.91. The van der Waals surface area contributed by atoms with Gasteiger partial charge in [-0.25, -0.2) is 0 Å². The molecule has 0 N–H and O–H groups in total. The molecule has 1 fully saturated rings. The number of rotatable bonds is 0. The summed E-state index contributed by atoms with van der Waals surface area (Å²) < 4.78 is 0. The van der Waals surface area contributed by atoms with Gasteiger partial charge in [0.25, 0.3) is 0 Å². The van der Waals surface area contributed by atoms with Crippen LogP contribution in [-0.4, -0.2) is 34.8 Å². The molecule has 3 rings (SSSR count). The van der Waals surface area contributed by atoms with Crippen LogP contribution < -0.4 is 4.90 Å². The first-order chi connectivity index (χ1) is 10.5. The van der Waals surface area contributed by atoms with Gasteiger partial charge in [0, 0.05) is 23.8 Å². The quantitative estimate of drug-likeness (QED) is 0.691. The van der Waals surface area contributed by atoms with Crippen LogP contribution in [0.15, 0.2) is 24.3 Å². The van der Waals surface area contributed by atoms with Crippen LogP contribution in [0.4, 0.5) is 5.69 Å². The molecule has 0 aromatic heterocycles. The van der Waals surface area contributed by atoms with Gasteiger partial charge in [-0.15, -0.1) is 0 Å². The Morgan fingerprint density at radius 2 is 1.59 bits per heavy atom. The maximum absolute atomic E-state index is 12.8. The third-order valence-electron chi connectivity index (χ3n) is 5.04. The molecule has 2 aliphatic rings. The van der Waals surface area contributed by atoms with Crippen LogP contribution in [0.3, 0.4) is 0 Å². The summed E-state index contributed by atoms with van der Waals surface area (Å²) in [6.45, 7) is 6.10. The zero-order valence-corrected chi connectivity index (χ0v) is 13.6. The molecule has 118 valence electrons. The SMILES string of the molecule is CC1Cc2ccccc2N1C(=O)C(=O)N1C(C)CCCC1C. The van der Waals surface area contributed by atoms with Crippen LogP contribution in [0, 0.1) is 0 Å². The van der Waals surface area contributed by atoms with Gasteiger partial charge >= 0.3 is 11.8 Å². The van der Waals surface area contributed by atoms with E-state index >= 15 is 0 Å². The van der Waals surface area contributed by atoms with E-state index < -0.39 is 0 Å². The van der Waals surface area contributed by atoms with E-state index in [-0.39, 0.29) is 29.9 Å². The Balaban J connectivity index is 1.86. The highest BCUT2D eigenvalue weighted by atomic mass is 16.2. The molecule has 22 heavy (non-hydrogen) atoms. The van der Waals surface area contributed by atoms with Crippen LogP contribution in [-0.2, 0) is 16.0 Å². The lowest BCUT2D eigenvalue weighted by molar-refractivity contribution is -0.148. The van der Waals surface area contributed by atoms with E-state index in [1.54, 1.807) is 9.80 Å². The largest absolute Gasteiger partial charge is 0.329 e. The van der Waals surface area contributed by atoms with E-state index in [4.69, 9.17) is 0 Å². The Bertz CT molecular complexity index is 589. The lowest BCUT2D eigenvalue weighted by Gasteiger charge is -2.39. The molecule has 4 heteroatoms. The zero-order chi connectivity index (χ0) is 15.9. The molecule has 2 heterocycles. The topological polar surface area (TPSA) is 40.6 Å². The van der Waals surface area contributed by atoms with Crippen molar-refractivity contribution in [3.8, 4) is 0 Å². The number of anilines is 1. The van der Waals surface area contributed by atoms with Crippen molar-refractivity contribution in [2.45, 2.75) is 64.6 Å². The molecule has 0 bridgehead atoms. The van der Waals surface area contributed by atoms with Crippen LogP contribution >= 0.6 is 0 Å². The number of hydrogen-bond acceptors (Lipinski definition) is 2. The number of fused-ring (bicyclic) bond motifs is 1. The van der Waals surface area contributed by atoms with Gasteiger partial charge in [0.15, 0.2) is 0 Å². The number of para-hydroxylation sites is 1. The summed E-state index contributed by atoms with van der Waals surface area (Å²) in [7, 11) is 0. The Labute approximate surface area is 132 Å². The fourth-order valence-corrected chi connectivity index (χ4v) is 3.91. The maximum atomic E-state index is 12.8. The Morgan fingerprint density at radius 1 is 0.955 bits per heavy atom. The highest BCUT2D eigenvalue weighted by molar-refractivity contribution is 6.40. The number of nitrogens with zero attached hydrogens (tertiary/aromatic N) is 2. The third kappa shape index (κ3) is 2.40. The van der Waals surface area contributed by atoms with Crippen LogP contribution in [0.25, 0.3) is 0 Å². The van der Waals surface area contributed by atoms with Gasteiger partial charge in [0.2, 0.25) is 0 Å². The second-order valence-corrected chi connectivity index (χ2v) is 6.70. The Kier molecular flexibility index (Phi) is 3.94. The number of carbonyl (C=O) groups is 2. The molecular formula is C18H24N2O2. The second-order valence-electron chi connectivity index (χ2n) is 6.70. The average molecular weight is 300 g/mol. The van der Waals surface area contributed by atoms with E-state index in [0.717, 1.165) is 36.9 Å². The van der Waals surface area contributed by atoms with Gasteiger partial charge in [-0.3, -0.25) is 9.59 Å². The Hall–Kier alpha value is -1.84. The molecule has 4 nitrogen and oxygen atoms in total. The smallest absolute Gasteiger partial charge is 0.316 e. The number of hydrogen-bond donors (Lipinski definition) is 0. The van der Waals surface area contributed by atoms with Crippen LogP contribution in [0.1, 0.15) is 45.6 Å². The van der Waals surface area contributed by atoms with Crippen molar-refractivity contribution in [1.29, 1.82) is 0 Å². The number of likely N-dealkylation sites (tertiary alicyclic amines) is 1. The first-order valence-corrected chi connectivity index (χ1v) is 8.24. The molecule has 1 aromatic carbocycles.